The number of amides is 4. The number of ether oxygens (including phenoxy) is 1. The molecule has 0 aliphatic carbocycles. The van der Waals surface area contributed by atoms with Crippen LogP contribution in [0.5, 0.6) is 5.75 Å². The van der Waals surface area contributed by atoms with Crippen LogP contribution in [0.2, 0.25) is 0 Å². The van der Waals surface area contributed by atoms with Gasteiger partial charge in [0.05, 0.1) is 18.6 Å². The maximum atomic E-state index is 13.6. The van der Waals surface area contributed by atoms with E-state index in [1.165, 1.54) is 0 Å². The summed E-state index contributed by atoms with van der Waals surface area (Å²) in [7, 11) is 1.99. The number of benzene rings is 2. The van der Waals surface area contributed by atoms with Crippen molar-refractivity contribution in [3.63, 3.8) is 0 Å². The second kappa shape index (κ2) is 15.2. The molecule has 220 valence electrons. The van der Waals surface area contributed by atoms with E-state index in [2.05, 4.69) is 20.9 Å². The van der Waals surface area contributed by atoms with Gasteiger partial charge in [0.2, 0.25) is 17.7 Å². The van der Waals surface area contributed by atoms with E-state index in [-0.39, 0.29) is 18.2 Å². The standard InChI is InChI=1S/C31H41N5O5/c1-35-16-18-36(19-17-35)31(40)26-22-28(37)33-25(21-23-11-5-4-6-12-23)30(39)32-15-9-2-3-10-20-41-27-14-8-7-13-24(27)29(38)34-26/h4-8,11-14,25-26H,2-3,9-10,15-22H2,1H3,(H,32,39)(H,33,37)(H,34,38)/t25-,26-/m0/s1. The minimum absolute atomic E-state index is 0.272. The molecule has 0 saturated carbocycles. The summed E-state index contributed by atoms with van der Waals surface area (Å²) < 4.78 is 5.93. The minimum atomic E-state index is -1.10. The number of hydrogen-bond donors (Lipinski definition) is 3. The van der Waals surface area contributed by atoms with E-state index >= 15 is 0 Å². The van der Waals surface area contributed by atoms with Gasteiger partial charge in [0.25, 0.3) is 5.91 Å². The first-order chi connectivity index (χ1) is 19.9. The SMILES string of the molecule is CN1CCN(C(=O)[C@@H]2CC(=O)N[C@@H](Cc3ccccc3)C(=O)NCCCCCCOc3ccccc3C(=O)N2)CC1. The highest BCUT2D eigenvalue weighted by Crippen LogP contribution is 2.19. The maximum absolute atomic E-state index is 13.6. The number of carbonyl (C=O) groups is 4. The fourth-order valence-corrected chi connectivity index (χ4v) is 5.06. The number of para-hydroxylation sites is 1. The van der Waals surface area contributed by atoms with E-state index < -0.39 is 23.9 Å². The third kappa shape index (κ3) is 9.04. The van der Waals surface area contributed by atoms with Gasteiger partial charge in [0, 0.05) is 39.1 Å². The Balaban J connectivity index is 1.57. The van der Waals surface area contributed by atoms with Crippen molar-refractivity contribution < 1.29 is 23.9 Å². The number of hydrogen-bond acceptors (Lipinski definition) is 6. The highest BCUT2D eigenvalue weighted by molar-refractivity contribution is 6.01. The molecule has 1 fully saturated rings. The van der Waals surface area contributed by atoms with Crippen LogP contribution in [0.1, 0.15) is 48.0 Å². The van der Waals surface area contributed by atoms with E-state index in [1.807, 2.05) is 37.4 Å². The van der Waals surface area contributed by atoms with Gasteiger partial charge in [-0.1, -0.05) is 55.3 Å². The molecular formula is C31H41N5O5. The molecule has 2 aliphatic rings. The first kappa shape index (κ1) is 30.0. The van der Waals surface area contributed by atoms with Crippen LogP contribution in [0.15, 0.2) is 54.6 Å². The smallest absolute Gasteiger partial charge is 0.255 e. The number of rotatable bonds is 3. The number of nitrogens with zero attached hydrogens (tertiary/aromatic N) is 2. The molecule has 2 atom stereocenters. The number of likely N-dealkylation sites (N-methyl/N-ethyl adjacent to an activating group) is 1. The maximum Gasteiger partial charge on any atom is 0.255 e. The molecule has 2 aromatic rings. The zero-order valence-electron chi connectivity index (χ0n) is 23.8. The highest BCUT2D eigenvalue weighted by atomic mass is 16.5. The zero-order chi connectivity index (χ0) is 29.0. The van der Waals surface area contributed by atoms with Crippen molar-refractivity contribution in [2.24, 2.45) is 0 Å². The fourth-order valence-electron chi connectivity index (χ4n) is 5.06. The molecule has 2 aromatic carbocycles. The van der Waals surface area contributed by atoms with Crippen LogP contribution in [-0.4, -0.2) is 91.9 Å². The molecule has 41 heavy (non-hydrogen) atoms. The Labute approximate surface area is 241 Å². The Morgan fingerprint density at radius 2 is 1.59 bits per heavy atom. The van der Waals surface area contributed by atoms with Crippen LogP contribution >= 0.6 is 0 Å². The molecule has 0 radical (unpaired) electrons. The predicted molar refractivity (Wildman–Crippen MR) is 155 cm³/mol. The third-order valence-electron chi connectivity index (χ3n) is 7.50. The molecule has 0 spiro atoms. The quantitative estimate of drug-likeness (QED) is 0.524. The van der Waals surface area contributed by atoms with E-state index in [0.29, 0.717) is 57.1 Å². The monoisotopic (exact) mass is 563 g/mol. The molecule has 3 N–H and O–H groups in total. The second-order valence-electron chi connectivity index (χ2n) is 10.7. The summed E-state index contributed by atoms with van der Waals surface area (Å²) in [5.41, 5.74) is 1.22. The number of piperazine rings is 1. The lowest BCUT2D eigenvalue weighted by atomic mass is 10.0. The van der Waals surface area contributed by atoms with E-state index in [4.69, 9.17) is 4.74 Å². The van der Waals surface area contributed by atoms with Crippen molar-refractivity contribution >= 4 is 23.6 Å². The molecule has 0 aromatic heterocycles. The van der Waals surface area contributed by atoms with Gasteiger partial charge in [-0.2, -0.15) is 0 Å². The van der Waals surface area contributed by atoms with Crippen LogP contribution in [0.3, 0.4) is 0 Å². The summed E-state index contributed by atoms with van der Waals surface area (Å²) in [5, 5.41) is 8.60. The van der Waals surface area contributed by atoms with Gasteiger partial charge in [0.15, 0.2) is 0 Å². The lowest BCUT2D eigenvalue weighted by molar-refractivity contribution is -0.137. The Hall–Kier alpha value is -3.92. The fraction of sp³-hybridized carbons (Fsp3) is 0.484. The van der Waals surface area contributed by atoms with Crippen molar-refractivity contribution in [2.75, 3.05) is 46.4 Å². The lowest BCUT2D eigenvalue weighted by Gasteiger charge is -2.34. The second-order valence-corrected chi connectivity index (χ2v) is 10.7. The molecule has 0 bridgehead atoms. The van der Waals surface area contributed by atoms with Gasteiger partial charge in [-0.25, -0.2) is 0 Å². The van der Waals surface area contributed by atoms with E-state index in [1.54, 1.807) is 29.2 Å². The Morgan fingerprint density at radius 1 is 0.878 bits per heavy atom. The molecular weight excluding hydrogens is 522 g/mol. The summed E-state index contributed by atoms with van der Waals surface area (Å²) in [5.74, 6) is -1.12. The molecule has 0 unspecified atom stereocenters. The number of fused-ring (bicyclic) bond motifs is 1. The van der Waals surface area contributed by atoms with Crippen molar-refractivity contribution in [1.82, 2.24) is 25.8 Å². The normalized spacial score (nSPS) is 22.2. The van der Waals surface area contributed by atoms with Gasteiger partial charge in [-0.3, -0.25) is 19.2 Å². The van der Waals surface area contributed by atoms with Crippen LogP contribution < -0.4 is 20.7 Å². The molecule has 4 amide bonds. The molecule has 2 aliphatic heterocycles. The Morgan fingerprint density at radius 3 is 2.37 bits per heavy atom. The van der Waals surface area contributed by atoms with Gasteiger partial charge < -0.3 is 30.5 Å². The summed E-state index contributed by atoms with van der Waals surface area (Å²) >= 11 is 0. The lowest BCUT2D eigenvalue weighted by Crippen LogP contribution is -2.56. The minimum Gasteiger partial charge on any atom is -0.493 e. The zero-order valence-corrected chi connectivity index (χ0v) is 23.8. The topological polar surface area (TPSA) is 120 Å². The van der Waals surface area contributed by atoms with Crippen LogP contribution in [0.25, 0.3) is 0 Å². The van der Waals surface area contributed by atoms with Crippen molar-refractivity contribution in [3.8, 4) is 5.75 Å². The van der Waals surface area contributed by atoms with E-state index in [0.717, 1.165) is 31.2 Å². The first-order valence-corrected chi connectivity index (χ1v) is 14.5. The largest absolute Gasteiger partial charge is 0.493 e. The number of nitrogens with one attached hydrogen (secondary N) is 3. The average molecular weight is 564 g/mol. The molecule has 2 heterocycles. The third-order valence-corrected chi connectivity index (χ3v) is 7.50. The Kier molecular flexibility index (Phi) is 11.1. The van der Waals surface area contributed by atoms with E-state index in [9.17, 15) is 19.2 Å². The van der Waals surface area contributed by atoms with Gasteiger partial charge >= 0.3 is 0 Å². The summed E-state index contributed by atoms with van der Waals surface area (Å²) in [4.78, 5) is 57.4. The van der Waals surface area contributed by atoms with Gasteiger partial charge in [-0.05, 0) is 37.6 Å². The first-order valence-electron chi connectivity index (χ1n) is 14.5. The molecule has 10 nitrogen and oxygen atoms in total. The molecule has 4 rings (SSSR count). The van der Waals surface area contributed by atoms with Crippen molar-refractivity contribution in [1.29, 1.82) is 0 Å². The highest BCUT2D eigenvalue weighted by Gasteiger charge is 2.32. The molecule has 1 saturated heterocycles. The predicted octanol–water partition coefficient (Wildman–Crippen LogP) is 1.75. The van der Waals surface area contributed by atoms with Crippen molar-refractivity contribution in [3.05, 3.63) is 65.7 Å². The van der Waals surface area contributed by atoms with Crippen molar-refractivity contribution in [2.45, 2.75) is 50.6 Å². The summed E-state index contributed by atoms with van der Waals surface area (Å²) in [6, 6.07) is 14.5. The summed E-state index contributed by atoms with van der Waals surface area (Å²) in [6.45, 7) is 3.36. The van der Waals surface area contributed by atoms with Gasteiger partial charge in [-0.15, -0.1) is 0 Å². The van der Waals surface area contributed by atoms with Crippen LogP contribution in [0.4, 0.5) is 0 Å². The van der Waals surface area contributed by atoms with Gasteiger partial charge in [0.1, 0.15) is 17.8 Å². The van der Waals surface area contributed by atoms with Crippen LogP contribution in [-0.2, 0) is 20.8 Å². The molecule has 10 heteroatoms. The Bertz CT molecular complexity index is 1180. The number of carbonyl (C=O) groups excluding carboxylic acids is 4. The average Bonchev–Trinajstić information content (AvgIpc) is 2.98. The summed E-state index contributed by atoms with van der Waals surface area (Å²) in [6.07, 6.45) is 3.46. The van der Waals surface area contributed by atoms with Crippen LogP contribution in [0, 0.1) is 0 Å².